The number of hydrogen-bond acceptors (Lipinski definition) is 4. The van der Waals surface area contributed by atoms with E-state index in [2.05, 4.69) is 15.9 Å². The van der Waals surface area contributed by atoms with Crippen LogP contribution in [0.4, 0.5) is 0 Å². The number of aliphatic hydroxyl groups excluding tert-OH is 1. The van der Waals surface area contributed by atoms with E-state index < -0.39 is 15.9 Å². The number of hydrogen-bond donors (Lipinski definition) is 1. The quantitative estimate of drug-likeness (QED) is 0.908. The minimum absolute atomic E-state index is 0.109. The van der Waals surface area contributed by atoms with Crippen molar-refractivity contribution >= 4 is 37.1 Å². The number of aryl methyl sites for hydroxylation is 1. The second-order valence-corrected chi connectivity index (χ2v) is 8.55. The number of sulfone groups is 1. The molecule has 0 bridgehead atoms. The second kappa shape index (κ2) is 4.40. The van der Waals surface area contributed by atoms with E-state index in [0.29, 0.717) is 6.42 Å². The highest BCUT2D eigenvalue weighted by Crippen LogP contribution is 2.39. The van der Waals surface area contributed by atoms with E-state index in [1.54, 1.807) is 0 Å². The molecule has 2 unspecified atom stereocenters. The third-order valence-corrected chi connectivity index (χ3v) is 6.65. The Kier molecular flexibility index (Phi) is 3.45. The van der Waals surface area contributed by atoms with Gasteiger partial charge in [0.25, 0.3) is 0 Å². The highest BCUT2D eigenvalue weighted by molar-refractivity contribution is 9.10. The van der Waals surface area contributed by atoms with Gasteiger partial charge >= 0.3 is 0 Å². The molecule has 0 spiro atoms. The summed E-state index contributed by atoms with van der Waals surface area (Å²) in [5.41, 5.74) is 0. The standard InChI is InChI=1S/C10H13BrO3S2/c1-6-4-8(11)10(15-6)9(12)7-2-3-16(13,14)5-7/h4,7,9,12H,2-3,5H2,1H3. The number of aliphatic hydroxyl groups is 1. The van der Waals surface area contributed by atoms with Crippen molar-refractivity contribution in [2.45, 2.75) is 19.4 Å². The molecule has 2 atom stereocenters. The minimum Gasteiger partial charge on any atom is -0.387 e. The SMILES string of the molecule is Cc1cc(Br)c(C(O)C2CCS(=O)(=O)C2)s1. The lowest BCUT2D eigenvalue weighted by Crippen LogP contribution is -2.13. The lowest BCUT2D eigenvalue weighted by Gasteiger charge is -2.15. The number of rotatable bonds is 2. The summed E-state index contributed by atoms with van der Waals surface area (Å²) >= 11 is 4.91. The lowest BCUT2D eigenvalue weighted by molar-refractivity contribution is 0.124. The van der Waals surface area contributed by atoms with Crippen LogP contribution in [0.1, 0.15) is 22.3 Å². The lowest BCUT2D eigenvalue weighted by atomic mass is 10.0. The Hall–Kier alpha value is 0.0900. The van der Waals surface area contributed by atoms with Crippen LogP contribution in [0.25, 0.3) is 0 Å². The molecule has 1 fully saturated rings. The van der Waals surface area contributed by atoms with Crippen molar-refractivity contribution in [3.05, 3.63) is 20.3 Å². The predicted octanol–water partition coefficient (Wildman–Crippen LogP) is 2.29. The summed E-state index contributed by atoms with van der Waals surface area (Å²) in [5, 5.41) is 10.2. The van der Waals surface area contributed by atoms with Gasteiger partial charge in [0.2, 0.25) is 0 Å². The van der Waals surface area contributed by atoms with E-state index >= 15 is 0 Å². The first-order chi connectivity index (χ1) is 7.39. The fraction of sp³-hybridized carbons (Fsp3) is 0.600. The molecule has 1 aliphatic heterocycles. The van der Waals surface area contributed by atoms with Gasteiger partial charge in [-0.15, -0.1) is 11.3 Å². The number of thiophene rings is 1. The highest BCUT2D eigenvalue weighted by Gasteiger charge is 2.34. The molecular weight excluding hydrogens is 312 g/mol. The van der Waals surface area contributed by atoms with E-state index in [1.165, 1.54) is 11.3 Å². The molecule has 0 saturated carbocycles. The first-order valence-electron chi connectivity index (χ1n) is 5.03. The molecule has 1 aromatic heterocycles. The molecule has 0 radical (unpaired) electrons. The molecular formula is C10H13BrO3S2. The van der Waals surface area contributed by atoms with Crippen molar-refractivity contribution in [1.29, 1.82) is 0 Å². The van der Waals surface area contributed by atoms with Crippen LogP contribution < -0.4 is 0 Å². The van der Waals surface area contributed by atoms with Gasteiger partial charge in [-0.1, -0.05) is 0 Å². The Labute approximate surface area is 108 Å². The highest BCUT2D eigenvalue weighted by atomic mass is 79.9. The topological polar surface area (TPSA) is 54.4 Å². The zero-order chi connectivity index (χ0) is 11.9. The van der Waals surface area contributed by atoms with Gasteiger partial charge < -0.3 is 5.11 Å². The van der Waals surface area contributed by atoms with E-state index in [9.17, 15) is 13.5 Å². The van der Waals surface area contributed by atoms with Crippen LogP contribution in [-0.2, 0) is 9.84 Å². The second-order valence-electron chi connectivity index (χ2n) is 4.18. The molecule has 3 nitrogen and oxygen atoms in total. The summed E-state index contributed by atoms with van der Waals surface area (Å²) in [4.78, 5) is 1.96. The van der Waals surface area contributed by atoms with Crippen LogP contribution in [0.5, 0.6) is 0 Å². The van der Waals surface area contributed by atoms with Crippen molar-refractivity contribution in [2.24, 2.45) is 5.92 Å². The largest absolute Gasteiger partial charge is 0.387 e. The summed E-state index contributed by atoms with van der Waals surface area (Å²) < 4.78 is 23.6. The Bertz CT molecular complexity index is 492. The van der Waals surface area contributed by atoms with E-state index in [4.69, 9.17) is 0 Å². The normalized spacial score (nSPS) is 25.8. The Morgan fingerprint density at radius 3 is 2.75 bits per heavy atom. The zero-order valence-electron chi connectivity index (χ0n) is 8.81. The molecule has 90 valence electrons. The maximum atomic E-state index is 11.3. The molecule has 1 aliphatic rings. The average molecular weight is 325 g/mol. The Morgan fingerprint density at radius 2 is 2.31 bits per heavy atom. The summed E-state index contributed by atoms with van der Waals surface area (Å²) in [6, 6.07) is 1.95. The van der Waals surface area contributed by atoms with Gasteiger partial charge in [-0.3, -0.25) is 0 Å². The van der Waals surface area contributed by atoms with Gasteiger partial charge in [-0.25, -0.2) is 8.42 Å². The van der Waals surface area contributed by atoms with E-state index in [1.807, 2.05) is 13.0 Å². The molecule has 6 heteroatoms. The Morgan fingerprint density at radius 1 is 1.62 bits per heavy atom. The molecule has 1 saturated heterocycles. The summed E-state index contributed by atoms with van der Waals surface area (Å²) in [6.45, 7) is 1.97. The smallest absolute Gasteiger partial charge is 0.150 e. The van der Waals surface area contributed by atoms with Crippen LogP contribution in [0, 0.1) is 12.8 Å². The molecule has 0 aliphatic carbocycles. The van der Waals surface area contributed by atoms with Crippen molar-refractivity contribution in [2.75, 3.05) is 11.5 Å². The zero-order valence-corrected chi connectivity index (χ0v) is 12.0. The average Bonchev–Trinajstić information content (AvgIpc) is 2.68. The van der Waals surface area contributed by atoms with Crippen molar-refractivity contribution in [3.63, 3.8) is 0 Å². The van der Waals surface area contributed by atoms with Crippen LogP contribution in [0.2, 0.25) is 0 Å². The molecule has 1 aromatic rings. The predicted molar refractivity (Wildman–Crippen MR) is 68.5 cm³/mol. The van der Waals surface area contributed by atoms with Crippen molar-refractivity contribution in [1.82, 2.24) is 0 Å². The van der Waals surface area contributed by atoms with E-state index in [-0.39, 0.29) is 17.4 Å². The van der Waals surface area contributed by atoms with Crippen molar-refractivity contribution in [3.8, 4) is 0 Å². The molecule has 2 heterocycles. The first kappa shape index (κ1) is 12.5. The maximum Gasteiger partial charge on any atom is 0.150 e. The third-order valence-electron chi connectivity index (χ3n) is 2.82. The monoisotopic (exact) mass is 324 g/mol. The summed E-state index contributed by atoms with van der Waals surface area (Å²) in [6.07, 6.45) is -0.0993. The fourth-order valence-corrected chi connectivity index (χ4v) is 5.79. The molecule has 2 rings (SSSR count). The molecule has 0 amide bonds. The van der Waals surface area contributed by atoms with Crippen LogP contribution >= 0.6 is 27.3 Å². The molecule has 0 aromatic carbocycles. The maximum absolute atomic E-state index is 11.3. The number of halogens is 1. The summed E-state index contributed by atoms with van der Waals surface area (Å²) in [7, 11) is -2.93. The van der Waals surface area contributed by atoms with Gasteiger partial charge in [0.1, 0.15) is 0 Å². The Balaban J connectivity index is 2.20. The van der Waals surface area contributed by atoms with Crippen LogP contribution in [-0.4, -0.2) is 25.0 Å². The van der Waals surface area contributed by atoms with Gasteiger partial charge in [0, 0.05) is 20.1 Å². The van der Waals surface area contributed by atoms with E-state index in [0.717, 1.165) is 14.2 Å². The van der Waals surface area contributed by atoms with Gasteiger partial charge in [0.05, 0.1) is 17.6 Å². The fourth-order valence-electron chi connectivity index (χ4n) is 1.99. The molecule has 16 heavy (non-hydrogen) atoms. The minimum atomic E-state index is -2.93. The first-order valence-corrected chi connectivity index (χ1v) is 8.46. The summed E-state index contributed by atoms with van der Waals surface area (Å²) in [5.74, 6) is 0.160. The van der Waals surface area contributed by atoms with Gasteiger partial charge in [-0.2, -0.15) is 0 Å². The van der Waals surface area contributed by atoms with Crippen LogP contribution in [0.15, 0.2) is 10.5 Å². The van der Waals surface area contributed by atoms with Gasteiger partial charge in [0.15, 0.2) is 9.84 Å². The van der Waals surface area contributed by atoms with Crippen molar-refractivity contribution < 1.29 is 13.5 Å². The van der Waals surface area contributed by atoms with Crippen LogP contribution in [0.3, 0.4) is 0 Å². The van der Waals surface area contributed by atoms with Gasteiger partial charge in [-0.05, 0) is 35.3 Å². The third kappa shape index (κ3) is 2.50. The molecule has 1 N–H and O–H groups in total.